The summed E-state index contributed by atoms with van der Waals surface area (Å²) in [5, 5.41) is 19.9. The Morgan fingerprint density at radius 1 is 1.34 bits per heavy atom. The van der Waals surface area contributed by atoms with Gasteiger partial charge in [-0.05, 0) is 54.2 Å². The van der Waals surface area contributed by atoms with Crippen LogP contribution >= 0.6 is 0 Å². The lowest BCUT2D eigenvalue weighted by atomic mass is 9.88. The van der Waals surface area contributed by atoms with Gasteiger partial charge in [-0.25, -0.2) is 22.5 Å². The molecule has 2 atom stereocenters. The minimum Gasteiger partial charge on any atom is -0.443 e. The lowest BCUT2D eigenvalue weighted by Crippen LogP contribution is -2.21. The average Bonchev–Trinajstić information content (AvgIpc) is 3.29. The number of nitrogens with zero attached hydrogens (tertiary/aromatic N) is 2. The van der Waals surface area contributed by atoms with E-state index in [9.17, 15) is 27.9 Å². The van der Waals surface area contributed by atoms with E-state index < -0.39 is 30.4 Å². The molecule has 4 rings (SSSR count). The van der Waals surface area contributed by atoms with Crippen LogP contribution in [0.4, 0.5) is 17.6 Å². The summed E-state index contributed by atoms with van der Waals surface area (Å²) in [4.78, 5) is 3.99. The Bertz CT molecular complexity index is 1230. The fourth-order valence-corrected chi connectivity index (χ4v) is 4.34. The number of rotatable bonds is 5. The van der Waals surface area contributed by atoms with Crippen LogP contribution in [0, 0.1) is 24.1 Å². The summed E-state index contributed by atoms with van der Waals surface area (Å²) in [5.41, 5.74) is 1.66. The van der Waals surface area contributed by atoms with Crippen LogP contribution in [0.25, 0.3) is 11.3 Å². The third kappa shape index (κ3) is 3.56. The molecular weight excluding hydrogens is 424 g/mol. The van der Waals surface area contributed by atoms with Gasteiger partial charge in [0.25, 0.3) is 5.92 Å². The fourth-order valence-electron chi connectivity index (χ4n) is 4.34. The van der Waals surface area contributed by atoms with Gasteiger partial charge in [0, 0.05) is 17.5 Å². The van der Waals surface area contributed by atoms with Gasteiger partial charge in [-0.1, -0.05) is 19.1 Å². The number of aromatic nitrogens is 1. The largest absolute Gasteiger partial charge is 0.443 e. The van der Waals surface area contributed by atoms with Gasteiger partial charge < -0.3 is 9.52 Å². The monoisotopic (exact) mass is 444 g/mol. The minimum absolute atomic E-state index is 0.0262. The summed E-state index contributed by atoms with van der Waals surface area (Å²) >= 11 is 0. The van der Waals surface area contributed by atoms with Crippen molar-refractivity contribution in [2.24, 2.45) is 0 Å². The molecule has 1 aliphatic carbocycles. The maximum Gasteiger partial charge on any atom is 0.281 e. The highest BCUT2D eigenvalue weighted by atomic mass is 19.3. The molecule has 1 aliphatic rings. The van der Waals surface area contributed by atoms with E-state index in [4.69, 9.17) is 4.42 Å². The summed E-state index contributed by atoms with van der Waals surface area (Å²) in [6, 6.07) is 7.08. The van der Waals surface area contributed by atoms with Gasteiger partial charge in [-0.15, -0.1) is 0 Å². The number of hydrogen-bond acceptors (Lipinski definition) is 4. The van der Waals surface area contributed by atoms with Gasteiger partial charge >= 0.3 is 0 Å². The highest BCUT2D eigenvalue weighted by Crippen LogP contribution is 2.49. The lowest BCUT2D eigenvalue weighted by molar-refractivity contribution is -0.0966. The van der Waals surface area contributed by atoms with Crippen molar-refractivity contribution in [1.82, 2.24) is 4.98 Å². The Morgan fingerprint density at radius 3 is 2.72 bits per heavy atom. The highest BCUT2D eigenvalue weighted by molar-refractivity contribution is 5.70. The van der Waals surface area contributed by atoms with Crippen molar-refractivity contribution in [3.63, 3.8) is 0 Å². The van der Waals surface area contributed by atoms with E-state index in [0.717, 1.165) is 12.1 Å². The summed E-state index contributed by atoms with van der Waals surface area (Å²) in [6.45, 7) is 3.25. The molecule has 0 saturated carbocycles. The molecule has 1 heterocycles. The maximum atomic E-state index is 14.6. The quantitative estimate of drug-likeness (QED) is 0.498. The number of halogens is 4. The molecule has 32 heavy (non-hydrogen) atoms. The number of aliphatic hydroxyl groups excluding tert-OH is 1. The zero-order chi connectivity index (χ0) is 23.2. The zero-order valence-electron chi connectivity index (χ0n) is 17.4. The first-order valence-corrected chi connectivity index (χ1v) is 10.1. The molecule has 8 heteroatoms. The van der Waals surface area contributed by atoms with Crippen molar-refractivity contribution in [2.45, 2.75) is 51.3 Å². The molecule has 1 aromatic heterocycles. The molecule has 0 fully saturated rings. The van der Waals surface area contributed by atoms with Gasteiger partial charge in [0.1, 0.15) is 18.1 Å². The molecule has 2 aromatic carbocycles. The van der Waals surface area contributed by atoms with Crippen molar-refractivity contribution >= 4 is 0 Å². The van der Waals surface area contributed by atoms with Crippen molar-refractivity contribution < 1.29 is 27.1 Å². The second-order valence-corrected chi connectivity index (χ2v) is 7.96. The number of aliphatic hydroxyl groups is 1. The second-order valence-electron chi connectivity index (χ2n) is 7.96. The Kier molecular flexibility index (Phi) is 5.55. The van der Waals surface area contributed by atoms with E-state index in [1.54, 1.807) is 26.0 Å². The van der Waals surface area contributed by atoms with Crippen LogP contribution in [0.15, 0.2) is 35.1 Å². The maximum absolute atomic E-state index is 14.6. The number of alkyl halides is 3. The van der Waals surface area contributed by atoms with Gasteiger partial charge in [0.15, 0.2) is 12.2 Å². The summed E-state index contributed by atoms with van der Waals surface area (Å²) in [5.74, 6) is -3.86. The summed E-state index contributed by atoms with van der Waals surface area (Å²) < 4.78 is 63.1. The molecular formula is C24H20F4N2O2. The Hall–Kier alpha value is -3.18. The number of aryl methyl sites for hydroxylation is 1. The van der Waals surface area contributed by atoms with Gasteiger partial charge in [-0.2, -0.15) is 5.26 Å². The van der Waals surface area contributed by atoms with Gasteiger partial charge in [0.05, 0.1) is 17.3 Å². The van der Waals surface area contributed by atoms with E-state index in [0.29, 0.717) is 16.8 Å². The van der Waals surface area contributed by atoms with Crippen LogP contribution in [0.2, 0.25) is 0 Å². The van der Waals surface area contributed by atoms with Crippen LogP contribution in [0.1, 0.15) is 64.7 Å². The standard InChI is InChI=1S/C24H20F4N2O2/c1-3-20(26)18-8-15(25)6-14(10-29)17(18)7-13-4-5-16(22-12(2)30-11-32-22)21-19(13)9-24(27,28)23(21)31/h4-6,8,11,20,23,31H,3,7,9H2,1-2H3. The molecule has 0 bridgehead atoms. The molecule has 166 valence electrons. The minimum atomic E-state index is -3.41. The second kappa shape index (κ2) is 8.06. The van der Waals surface area contributed by atoms with Crippen molar-refractivity contribution in [1.29, 1.82) is 5.26 Å². The predicted octanol–water partition coefficient (Wildman–Crippen LogP) is 5.90. The lowest BCUT2D eigenvalue weighted by Gasteiger charge is -2.18. The van der Waals surface area contributed by atoms with Gasteiger partial charge in [-0.3, -0.25) is 0 Å². The molecule has 0 aliphatic heterocycles. The van der Waals surface area contributed by atoms with Crippen LogP contribution in [0.5, 0.6) is 0 Å². The fraction of sp³-hybridized carbons (Fsp3) is 0.333. The normalized spacial score (nSPS) is 17.8. The number of oxazole rings is 1. The molecule has 1 N–H and O–H groups in total. The number of benzene rings is 2. The SMILES string of the molecule is CCC(F)c1cc(F)cc(C#N)c1Cc1ccc(-c2ocnc2C)c2c1CC(F)(F)C2O. The van der Waals surface area contributed by atoms with Crippen molar-refractivity contribution in [3.8, 4) is 17.4 Å². The molecule has 2 unspecified atom stereocenters. The molecule has 3 aromatic rings. The van der Waals surface area contributed by atoms with Crippen LogP contribution in [-0.4, -0.2) is 16.0 Å². The van der Waals surface area contributed by atoms with E-state index in [2.05, 4.69) is 4.98 Å². The Balaban J connectivity index is 1.90. The topological polar surface area (TPSA) is 70.0 Å². The smallest absolute Gasteiger partial charge is 0.281 e. The van der Waals surface area contributed by atoms with Crippen molar-refractivity contribution in [3.05, 3.63) is 75.6 Å². The highest BCUT2D eigenvalue weighted by Gasteiger charge is 2.49. The van der Waals surface area contributed by atoms with Crippen LogP contribution in [0.3, 0.4) is 0 Å². The first-order chi connectivity index (χ1) is 15.2. The molecule has 0 radical (unpaired) electrons. The third-order valence-corrected chi connectivity index (χ3v) is 5.96. The third-order valence-electron chi connectivity index (χ3n) is 5.96. The number of fused-ring (bicyclic) bond motifs is 1. The summed E-state index contributed by atoms with van der Waals surface area (Å²) in [6.07, 6.45) is -3.07. The van der Waals surface area contributed by atoms with E-state index in [-0.39, 0.29) is 46.4 Å². The van der Waals surface area contributed by atoms with E-state index in [1.807, 2.05) is 6.07 Å². The summed E-state index contributed by atoms with van der Waals surface area (Å²) in [7, 11) is 0. The first kappa shape index (κ1) is 22.0. The molecule has 0 saturated heterocycles. The number of hydrogen-bond donors (Lipinski definition) is 1. The Labute approximate surface area is 182 Å². The van der Waals surface area contributed by atoms with E-state index in [1.165, 1.54) is 6.39 Å². The molecule has 4 nitrogen and oxygen atoms in total. The molecule has 0 spiro atoms. The van der Waals surface area contributed by atoms with Crippen LogP contribution < -0.4 is 0 Å². The average molecular weight is 444 g/mol. The first-order valence-electron chi connectivity index (χ1n) is 10.1. The van der Waals surface area contributed by atoms with Gasteiger partial charge in [0.2, 0.25) is 0 Å². The van der Waals surface area contributed by atoms with Crippen molar-refractivity contribution in [2.75, 3.05) is 0 Å². The van der Waals surface area contributed by atoms with E-state index >= 15 is 0 Å². The molecule has 0 amide bonds. The Morgan fingerprint density at radius 2 is 2.09 bits per heavy atom. The zero-order valence-corrected chi connectivity index (χ0v) is 17.4. The van der Waals surface area contributed by atoms with Crippen LogP contribution in [-0.2, 0) is 12.8 Å². The predicted molar refractivity (Wildman–Crippen MR) is 108 cm³/mol. The number of nitriles is 1.